The van der Waals surface area contributed by atoms with Crippen molar-refractivity contribution in [3.05, 3.63) is 29.8 Å². The molecule has 0 unspecified atom stereocenters. The van der Waals surface area contributed by atoms with Gasteiger partial charge >= 0.3 is 12.3 Å². The van der Waals surface area contributed by atoms with Gasteiger partial charge in [0, 0.05) is 25.8 Å². The van der Waals surface area contributed by atoms with Crippen molar-refractivity contribution >= 4 is 11.8 Å². The standard InChI is InChI=1S/C12H13F3N2O2/c1-16(10-6-17(7-10)11(18)19)9-4-2-8(3-5-9)12(13,14)15/h2-5,10H,6-7H2,1H3,(H,18,19). The van der Waals surface area contributed by atoms with Crippen molar-refractivity contribution in [2.75, 3.05) is 25.0 Å². The normalized spacial score (nSPS) is 16.1. The molecule has 1 amide bonds. The lowest BCUT2D eigenvalue weighted by atomic mass is 10.1. The zero-order chi connectivity index (χ0) is 14.2. The van der Waals surface area contributed by atoms with Crippen molar-refractivity contribution in [3.8, 4) is 0 Å². The number of halogens is 3. The van der Waals surface area contributed by atoms with E-state index in [0.717, 1.165) is 12.1 Å². The van der Waals surface area contributed by atoms with Crippen molar-refractivity contribution in [1.82, 2.24) is 4.90 Å². The Morgan fingerprint density at radius 2 is 1.84 bits per heavy atom. The van der Waals surface area contributed by atoms with Crippen molar-refractivity contribution < 1.29 is 23.1 Å². The zero-order valence-corrected chi connectivity index (χ0v) is 10.2. The molecule has 1 aromatic rings. The minimum atomic E-state index is -4.34. The maximum atomic E-state index is 12.4. The van der Waals surface area contributed by atoms with Gasteiger partial charge in [-0.2, -0.15) is 13.2 Å². The average molecular weight is 274 g/mol. The minimum absolute atomic E-state index is 0.00726. The number of anilines is 1. The molecule has 104 valence electrons. The molecule has 19 heavy (non-hydrogen) atoms. The van der Waals surface area contributed by atoms with E-state index >= 15 is 0 Å². The molecule has 0 radical (unpaired) electrons. The number of rotatable bonds is 2. The average Bonchev–Trinajstić information content (AvgIpc) is 2.25. The molecule has 1 heterocycles. The van der Waals surface area contributed by atoms with Crippen LogP contribution in [0.3, 0.4) is 0 Å². The molecule has 1 aromatic carbocycles. The molecular weight excluding hydrogens is 261 g/mol. The summed E-state index contributed by atoms with van der Waals surface area (Å²) in [5, 5.41) is 8.71. The third kappa shape index (κ3) is 2.74. The van der Waals surface area contributed by atoms with Crippen LogP contribution in [-0.4, -0.2) is 42.3 Å². The monoisotopic (exact) mass is 274 g/mol. The summed E-state index contributed by atoms with van der Waals surface area (Å²) in [7, 11) is 1.74. The molecule has 1 N–H and O–H groups in total. The van der Waals surface area contributed by atoms with Crippen LogP contribution in [0.25, 0.3) is 0 Å². The topological polar surface area (TPSA) is 43.8 Å². The Labute approximate surface area is 108 Å². The Bertz CT molecular complexity index is 467. The maximum absolute atomic E-state index is 12.4. The molecule has 0 bridgehead atoms. The minimum Gasteiger partial charge on any atom is -0.465 e. The predicted molar refractivity (Wildman–Crippen MR) is 63.2 cm³/mol. The second-order valence-electron chi connectivity index (χ2n) is 4.50. The number of likely N-dealkylation sites (tertiary alicyclic amines) is 1. The van der Waals surface area contributed by atoms with Crippen molar-refractivity contribution in [1.29, 1.82) is 0 Å². The van der Waals surface area contributed by atoms with Crippen LogP contribution in [0.4, 0.5) is 23.7 Å². The van der Waals surface area contributed by atoms with Crippen LogP contribution in [-0.2, 0) is 6.18 Å². The Balaban J connectivity index is 2.01. The molecule has 0 aliphatic carbocycles. The third-order valence-electron chi connectivity index (χ3n) is 3.28. The second kappa shape index (κ2) is 4.64. The number of amides is 1. The quantitative estimate of drug-likeness (QED) is 0.901. The molecule has 2 rings (SSSR count). The Hall–Kier alpha value is -1.92. The van der Waals surface area contributed by atoms with Gasteiger partial charge in [-0.05, 0) is 24.3 Å². The summed E-state index contributed by atoms with van der Waals surface area (Å²) >= 11 is 0. The maximum Gasteiger partial charge on any atom is 0.416 e. The first-order valence-corrected chi connectivity index (χ1v) is 5.67. The largest absolute Gasteiger partial charge is 0.465 e. The molecule has 0 saturated carbocycles. The Morgan fingerprint density at radius 1 is 1.32 bits per heavy atom. The number of nitrogens with zero attached hydrogens (tertiary/aromatic N) is 2. The number of carboxylic acid groups (broad SMARTS) is 1. The molecule has 0 atom stereocenters. The highest BCUT2D eigenvalue weighted by Crippen LogP contribution is 2.31. The van der Waals surface area contributed by atoms with Crippen LogP contribution in [0.15, 0.2) is 24.3 Å². The molecule has 1 aliphatic heterocycles. The van der Waals surface area contributed by atoms with Crippen LogP contribution >= 0.6 is 0 Å². The lowest BCUT2D eigenvalue weighted by Gasteiger charge is -2.43. The van der Waals surface area contributed by atoms with Crippen molar-refractivity contribution in [3.63, 3.8) is 0 Å². The number of likely N-dealkylation sites (N-methyl/N-ethyl adjacent to an activating group) is 1. The van der Waals surface area contributed by atoms with Crippen LogP contribution in [0.2, 0.25) is 0 Å². The summed E-state index contributed by atoms with van der Waals surface area (Å²) < 4.78 is 37.2. The highest BCUT2D eigenvalue weighted by atomic mass is 19.4. The van der Waals surface area contributed by atoms with E-state index in [1.807, 2.05) is 0 Å². The molecule has 1 saturated heterocycles. The lowest BCUT2D eigenvalue weighted by Crippen LogP contribution is -2.60. The summed E-state index contributed by atoms with van der Waals surface area (Å²) in [6, 6.07) is 4.85. The van der Waals surface area contributed by atoms with Crippen molar-refractivity contribution in [2.45, 2.75) is 12.2 Å². The first kappa shape index (κ1) is 13.5. The van der Waals surface area contributed by atoms with E-state index in [0.29, 0.717) is 18.8 Å². The fourth-order valence-electron chi connectivity index (χ4n) is 1.95. The summed E-state index contributed by atoms with van der Waals surface area (Å²) in [6.45, 7) is 0.736. The van der Waals surface area contributed by atoms with Gasteiger partial charge in [-0.1, -0.05) is 0 Å². The van der Waals surface area contributed by atoms with Gasteiger partial charge in [-0.25, -0.2) is 4.79 Å². The van der Waals surface area contributed by atoms with E-state index in [4.69, 9.17) is 5.11 Å². The Morgan fingerprint density at radius 3 is 2.26 bits per heavy atom. The fourth-order valence-corrected chi connectivity index (χ4v) is 1.95. The number of hydrogen-bond acceptors (Lipinski definition) is 2. The number of alkyl halides is 3. The molecule has 7 heteroatoms. The van der Waals surface area contributed by atoms with E-state index in [-0.39, 0.29) is 6.04 Å². The highest BCUT2D eigenvalue weighted by molar-refractivity contribution is 5.67. The molecule has 1 fully saturated rings. The highest BCUT2D eigenvalue weighted by Gasteiger charge is 2.34. The van der Waals surface area contributed by atoms with E-state index in [1.165, 1.54) is 17.0 Å². The number of benzene rings is 1. The van der Waals surface area contributed by atoms with Crippen LogP contribution < -0.4 is 4.90 Å². The third-order valence-corrected chi connectivity index (χ3v) is 3.28. The predicted octanol–water partition coefficient (Wildman–Crippen LogP) is 2.50. The summed E-state index contributed by atoms with van der Waals surface area (Å²) in [5.41, 5.74) is -0.0477. The molecular formula is C12H13F3N2O2. The SMILES string of the molecule is CN(c1ccc(C(F)(F)F)cc1)C1CN(C(=O)O)C1. The van der Waals surface area contributed by atoms with Gasteiger partial charge in [0.05, 0.1) is 11.6 Å². The molecule has 4 nitrogen and oxygen atoms in total. The van der Waals surface area contributed by atoms with E-state index < -0.39 is 17.8 Å². The number of hydrogen-bond donors (Lipinski definition) is 1. The summed E-state index contributed by atoms with van der Waals surface area (Å²) in [5.74, 6) is 0. The van der Waals surface area contributed by atoms with E-state index in [2.05, 4.69) is 0 Å². The second-order valence-corrected chi connectivity index (χ2v) is 4.50. The summed E-state index contributed by atoms with van der Waals surface area (Å²) in [4.78, 5) is 13.7. The van der Waals surface area contributed by atoms with Crippen LogP contribution in [0.5, 0.6) is 0 Å². The first-order valence-electron chi connectivity index (χ1n) is 5.67. The van der Waals surface area contributed by atoms with Gasteiger partial charge in [0.15, 0.2) is 0 Å². The first-order chi connectivity index (χ1) is 8.79. The van der Waals surface area contributed by atoms with Gasteiger partial charge < -0.3 is 14.9 Å². The molecule has 1 aliphatic rings. The van der Waals surface area contributed by atoms with Gasteiger partial charge in [0.2, 0.25) is 0 Å². The van der Waals surface area contributed by atoms with Gasteiger partial charge in [0.25, 0.3) is 0 Å². The fraction of sp³-hybridized carbons (Fsp3) is 0.417. The molecule has 0 aromatic heterocycles. The van der Waals surface area contributed by atoms with Crippen LogP contribution in [0.1, 0.15) is 5.56 Å². The lowest BCUT2D eigenvalue weighted by molar-refractivity contribution is -0.137. The number of carbonyl (C=O) groups is 1. The Kier molecular flexibility index (Phi) is 3.30. The van der Waals surface area contributed by atoms with E-state index in [1.54, 1.807) is 11.9 Å². The van der Waals surface area contributed by atoms with E-state index in [9.17, 15) is 18.0 Å². The van der Waals surface area contributed by atoms with Gasteiger partial charge in [-0.3, -0.25) is 0 Å². The van der Waals surface area contributed by atoms with Crippen LogP contribution in [0, 0.1) is 0 Å². The zero-order valence-electron chi connectivity index (χ0n) is 10.2. The smallest absolute Gasteiger partial charge is 0.416 e. The molecule has 0 spiro atoms. The van der Waals surface area contributed by atoms with Gasteiger partial charge in [-0.15, -0.1) is 0 Å². The summed E-state index contributed by atoms with van der Waals surface area (Å²) in [6.07, 6.45) is -5.31. The van der Waals surface area contributed by atoms with Crippen molar-refractivity contribution in [2.24, 2.45) is 0 Å². The van der Waals surface area contributed by atoms with Gasteiger partial charge in [0.1, 0.15) is 0 Å².